The maximum atomic E-state index is 12.8. The fourth-order valence-electron chi connectivity index (χ4n) is 3.18. The minimum absolute atomic E-state index is 0.117. The quantitative estimate of drug-likeness (QED) is 0.731. The van der Waals surface area contributed by atoms with Gasteiger partial charge in [0, 0.05) is 44.8 Å². The summed E-state index contributed by atoms with van der Waals surface area (Å²) < 4.78 is 38.5. The first kappa shape index (κ1) is 20.2. The predicted molar refractivity (Wildman–Crippen MR) is 100 cm³/mol. The van der Waals surface area contributed by atoms with Crippen LogP contribution in [0.1, 0.15) is 15.9 Å². The Balaban J connectivity index is 1.66. The minimum atomic E-state index is -3.67. The van der Waals surface area contributed by atoms with Gasteiger partial charge in [-0.15, -0.1) is 0 Å². The van der Waals surface area contributed by atoms with E-state index in [2.05, 4.69) is 9.62 Å². The van der Waals surface area contributed by atoms with Crippen molar-refractivity contribution in [3.8, 4) is 0 Å². The first-order valence-corrected chi connectivity index (χ1v) is 10.7. The molecule has 3 rings (SSSR count). The molecule has 2 aliphatic rings. The monoisotopic (exact) mass is 397 g/mol. The van der Waals surface area contributed by atoms with E-state index in [0.717, 1.165) is 18.7 Å². The SMILES string of the molecule is Cc1ccc(S(=O)(=O)NCCN2CCOCC2)cc1C(=O)N1CCOCC1. The van der Waals surface area contributed by atoms with Gasteiger partial charge in [0.1, 0.15) is 0 Å². The molecule has 1 N–H and O–H groups in total. The highest BCUT2D eigenvalue weighted by molar-refractivity contribution is 7.89. The van der Waals surface area contributed by atoms with Crippen molar-refractivity contribution in [3.63, 3.8) is 0 Å². The van der Waals surface area contributed by atoms with Crippen molar-refractivity contribution in [2.24, 2.45) is 0 Å². The number of aryl methyl sites for hydroxylation is 1. The van der Waals surface area contributed by atoms with Gasteiger partial charge in [-0.05, 0) is 24.6 Å². The largest absolute Gasteiger partial charge is 0.379 e. The van der Waals surface area contributed by atoms with Crippen LogP contribution < -0.4 is 4.72 Å². The minimum Gasteiger partial charge on any atom is -0.379 e. The number of rotatable bonds is 6. The van der Waals surface area contributed by atoms with Gasteiger partial charge in [-0.3, -0.25) is 9.69 Å². The number of carbonyl (C=O) groups is 1. The molecule has 0 unspecified atom stereocenters. The Hall–Kier alpha value is -1.52. The van der Waals surface area contributed by atoms with E-state index in [0.29, 0.717) is 58.2 Å². The van der Waals surface area contributed by atoms with Gasteiger partial charge < -0.3 is 14.4 Å². The molecule has 27 heavy (non-hydrogen) atoms. The van der Waals surface area contributed by atoms with E-state index in [1.807, 2.05) is 6.92 Å². The number of benzene rings is 1. The Labute approximate surface area is 160 Å². The smallest absolute Gasteiger partial charge is 0.254 e. The summed E-state index contributed by atoms with van der Waals surface area (Å²) in [5, 5.41) is 0. The van der Waals surface area contributed by atoms with Crippen LogP contribution in [0.25, 0.3) is 0 Å². The zero-order valence-electron chi connectivity index (χ0n) is 15.6. The summed E-state index contributed by atoms with van der Waals surface area (Å²) in [6.45, 7) is 7.80. The molecule has 8 nitrogen and oxygen atoms in total. The van der Waals surface area contributed by atoms with Crippen LogP contribution in [0.15, 0.2) is 23.1 Å². The van der Waals surface area contributed by atoms with Gasteiger partial charge in [0.05, 0.1) is 31.3 Å². The van der Waals surface area contributed by atoms with Crippen molar-refractivity contribution in [2.45, 2.75) is 11.8 Å². The Morgan fingerprint density at radius 2 is 1.70 bits per heavy atom. The number of hydrogen-bond donors (Lipinski definition) is 1. The van der Waals surface area contributed by atoms with Crippen LogP contribution in [0.3, 0.4) is 0 Å². The zero-order chi connectivity index (χ0) is 19.3. The van der Waals surface area contributed by atoms with Crippen molar-refractivity contribution in [3.05, 3.63) is 29.3 Å². The summed E-state index contributed by atoms with van der Waals surface area (Å²) in [5.41, 5.74) is 1.19. The normalized spacial score (nSPS) is 19.2. The van der Waals surface area contributed by atoms with Crippen LogP contribution in [0.5, 0.6) is 0 Å². The molecular weight excluding hydrogens is 370 g/mol. The number of nitrogens with zero attached hydrogens (tertiary/aromatic N) is 2. The van der Waals surface area contributed by atoms with Gasteiger partial charge in [-0.25, -0.2) is 13.1 Å². The molecule has 1 amide bonds. The molecule has 0 aliphatic carbocycles. The maximum Gasteiger partial charge on any atom is 0.254 e. The molecule has 0 spiro atoms. The van der Waals surface area contributed by atoms with Crippen molar-refractivity contribution >= 4 is 15.9 Å². The fraction of sp³-hybridized carbons (Fsp3) is 0.611. The molecule has 0 atom stereocenters. The molecule has 2 heterocycles. The molecule has 2 aliphatic heterocycles. The standard InChI is InChI=1S/C18H27N3O5S/c1-15-2-3-16(14-17(15)18(22)21-8-12-26-13-9-21)27(23,24)19-4-5-20-6-10-25-11-7-20/h2-3,14,19H,4-13H2,1H3. The lowest BCUT2D eigenvalue weighted by atomic mass is 10.1. The van der Waals surface area contributed by atoms with Gasteiger partial charge in [-0.1, -0.05) is 6.07 Å². The predicted octanol–water partition coefficient (Wildman–Crippen LogP) is 0.0779. The average molecular weight is 397 g/mol. The molecule has 0 aromatic heterocycles. The Morgan fingerprint density at radius 1 is 1.07 bits per heavy atom. The third kappa shape index (κ3) is 5.26. The number of carbonyl (C=O) groups excluding carboxylic acids is 1. The first-order valence-electron chi connectivity index (χ1n) is 9.25. The van der Waals surface area contributed by atoms with E-state index >= 15 is 0 Å². The highest BCUT2D eigenvalue weighted by atomic mass is 32.2. The summed E-state index contributed by atoms with van der Waals surface area (Å²) in [6.07, 6.45) is 0. The Kier molecular flexibility index (Phi) is 6.83. The lowest BCUT2D eigenvalue weighted by Crippen LogP contribution is -2.41. The third-order valence-electron chi connectivity index (χ3n) is 4.87. The molecule has 0 saturated carbocycles. The summed E-state index contributed by atoms with van der Waals surface area (Å²) >= 11 is 0. The molecule has 150 valence electrons. The highest BCUT2D eigenvalue weighted by Gasteiger charge is 2.23. The van der Waals surface area contributed by atoms with Crippen molar-refractivity contribution in [1.29, 1.82) is 0 Å². The number of sulfonamides is 1. The van der Waals surface area contributed by atoms with Crippen LogP contribution in [0.4, 0.5) is 0 Å². The van der Waals surface area contributed by atoms with Gasteiger partial charge in [0.2, 0.25) is 10.0 Å². The number of amides is 1. The van der Waals surface area contributed by atoms with Crippen LogP contribution in [-0.4, -0.2) is 89.8 Å². The molecule has 2 saturated heterocycles. The molecule has 0 bridgehead atoms. The van der Waals surface area contributed by atoms with E-state index in [9.17, 15) is 13.2 Å². The van der Waals surface area contributed by atoms with Gasteiger partial charge in [0.25, 0.3) is 5.91 Å². The average Bonchev–Trinajstić information content (AvgIpc) is 2.69. The third-order valence-corrected chi connectivity index (χ3v) is 6.33. The van der Waals surface area contributed by atoms with Crippen molar-refractivity contribution in [2.75, 3.05) is 65.7 Å². The number of nitrogens with one attached hydrogen (secondary N) is 1. The first-order chi connectivity index (χ1) is 13.0. The molecule has 1 aromatic rings. The lowest BCUT2D eigenvalue weighted by molar-refractivity contribution is 0.0302. The number of ether oxygens (including phenoxy) is 2. The van der Waals surface area contributed by atoms with E-state index in [1.165, 1.54) is 6.07 Å². The number of hydrogen-bond acceptors (Lipinski definition) is 6. The van der Waals surface area contributed by atoms with Crippen molar-refractivity contribution < 1.29 is 22.7 Å². The summed E-state index contributed by atoms with van der Waals surface area (Å²) in [4.78, 5) is 16.7. The topological polar surface area (TPSA) is 88.2 Å². The highest BCUT2D eigenvalue weighted by Crippen LogP contribution is 2.18. The molecule has 2 fully saturated rings. The van der Waals surface area contributed by atoms with Crippen molar-refractivity contribution in [1.82, 2.24) is 14.5 Å². The van der Waals surface area contributed by atoms with Gasteiger partial charge >= 0.3 is 0 Å². The van der Waals surface area contributed by atoms with E-state index in [1.54, 1.807) is 17.0 Å². The van der Waals surface area contributed by atoms with E-state index < -0.39 is 10.0 Å². The second-order valence-corrected chi connectivity index (χ2v) is 8.50. The zero-order valence-corrected chi connectivity index (χ0v) is 16.5. The van der Waals surface area contributed by atoms with E-state index in [-0.39, 0.29) is 10.8 Å². The van der Waals surface area contributed by atoms with Crippen LogP contribution in [0, 0.1) is 6.92 Å². The fourth-order valence-corrected chi connectivity index (χ4v) is 4.23. The summed E-state index contributed by atoms with van der Waals surface area (Å²) in [5.74, 6) is -0.152. The lowest BCUT2D eigenvalue weighted by Gasteiger charge is -2.27. The second-order valence-electron chi connectivity index (χ2n) is 6.73. The van der Waals surface area contributed by atoms with Crippen LogP contribution >= 0.6 is 0 Å². The maximum absolute atomic E-state index is 12.8. The van der Waals surface area contributed by atoms with Gasteiger partial charge in [-0.2, -0.15) is 0 Å². The molecular formula is C18H27N3O5S. The summed E-state index contributed by atoms with van der Waals surface area (Å²) in [6, 6.07) is 4.71. The van der Waals surface area contributed by atoms with E-state index in [4.69, 9.17) is 9.47 Å². The van der Waals surface area contributed by atoms with Gasteiger partial charge in [0.15, 0.2) is 0 Å². The molecule has 0 radical (unpaired) electrons. The Bertz CT molecular complexity index is 756. The summed E-state index contributed by atoms with van der Waals surface area (Å²) in [7, 11) is -3.67. The molecule has 1 aromatic carbocycles. The molecule has 9 heteroatoms. The van der Waals surface area contributed by atoms with Crippen LogP contribution in [-0.2, 0) is 19.5 Å². The second kappa shape index (κ2) is 9.11. The van der Waals surface area contributed by atoms with Crippen LogP contribution in [0.2, 0.25) is 0 Å². The number of morpholine rings is 2. The Morgan fingerprint density at radius 3 is 2.37 bits per heavy atom.